The van der Waals surface area contributed by atoms with Crippen LogP contribution < -0.4 is 10.2 Å². The van der Waals surface area contributed by atoms with Crippen LogP contribution in [0.5, 0.6) is 0 Å². The molecule has 2 saturated heterocycles. The number of benzene rings is 1. The maximum atomic E-state index is 13.1. The molecule has 2 fully saturated rings. The summed E-state index contributed by atoms with van der Waals surface area (Å²) in [5.41, 5.74) is 0.859. The number of carbonyl (C=O) groups is 2. The average molecular weight is 471 g/mol. The fourth-order valence-electron chi connectivity index (χ4n) is 4.58. The lowest BCUT2D eigenvalue weighted by Crippen LogP contribution is -2.50. The third-order valence-electron chi connectivity index (χ3n) is 6.34. The Balaban J connectivity index is 1.35. The Morgan fingerprint density at radius 3 is 2.62 bits per heavy atom. The van der Waals surface area contributed by atoms with Gasteiger partial charge in [-0.15, -0.1) is 0 Å². The molecule has 11 heteroatoms. The number of hydrogen-bond acceptors (Lipinski definition) is 8. The zero-order valence-corrected chi connectivity index (χ0v) is 19.5. The van der Waals surface area contributed by atoms with Gasteiger partial charge in [0.1, 0.15) is 11.4 Å². The Morgan fingerprint density at radius 2 is 1.97 bits per heavy atom. The Bertz CT molecular complexity index is 1060. The van der Waals surface area contributed by atoms with E-state index >= 15 is 0 Å². The number of piperazine rings is 1. The zero-order chi connectivity index (χ0) is 24.2. The van der Waals surface area contributed by atoms with Gasteiger partial charge in [-0.3, -0.25) is 24.6 Å². The number of hydrogen-bond donors (Lipinski definition) is 1. The molecule has 11 nitrogen and oxygen atoms in total. The molecule has 1 N–H and O–H groups in total. The van der Waals surface area contributed by atoms with Gasteiger partial charge in [-0.2, -0.15) is 0 Å². The molecule has 4 rings (SSSR count). The van der Waals surface area contributed by atoms with Crippen LogP contribution in [0.1, 0.15) is 35.9 Å². The van der Waals surface area contributed by atoms with E-state index in [1.54, 1.807) is 30.0 Å². The Morgan fingerprint density at radius 1 is 1.21 bits per heavy atom. The molecule has 0 bridgehead atoms. The van der Waals surface area contributed by atoms with Gasteiger partial charge in [0.15, 0.2) is 5.82 Å². The maximum Gasteiger partial charge on any atom is 0.293 e. The summed E-state index contributed by atoms with van der Waals surface area (Å²) in [6.45, 7) is 7.57. The molecular formula is C23H30N6O5. The highest BCUT2D eigenvalue weighted by molar-refractivity contribution is 5.96. The highest BCUT2D eigenvalue weighted by Crippen LogP contribution is 2.32. The van der Waals surface area contributed by atoms with E-state index in [2.05, 4.69) is 17.4 Å². The zero-order valence-electron chi connectivity index (χ0n) is 19.5. The van der Waals surface area contributed by atoms with Gasteiger partial charge in [0.2, 0.25) is 5.91 Å². The first-order chi connectivity index (χ1) is 16.3. The number of aryl methyl sites for hydroxylation is 1. The quantitative estimate of drug-likeness (QED) is 0.504. The highest BCUT2D eigenvalue weighted by Gasteiger charge is 2.28. The third kappa shape index (κ3) is 5.53. The number of nitrogens with one attached hydrogen (secondary N) is 1. The van der Waals surface area contributed by atoms with Crippen molar-refractivity contribution in [2.45, 2.75) is 26.7 Å². The molecule has 1 aromatic carbocycles. The van der Waals surface area contributed by atoms with Crippen molar-refractivity contribution in [3.05, 3.63) is 45.7 Å². The monoisotopic (exact) mass is 470 g/mol. The fraction of sp³-hybridized carbons (Fsp3) is 0.522. The van der Waals surface area contributed by atoms with Gasteiger partial charge in [0.25, 0.3) is 11.6 Å². The highest BCUT2D eigenvalue weighted by atomic mass is 16.6. The van der Waals surface area contributed by atoms with Crippen LogP contribution in [-0.4, -0.2) is 77.5 Å². The summed E-state index contributed by atoms with van der Waals surface area (Å²) in [6, 6.07) is 6.43. The lowest BCUT2D eigenvalue weighted by molar-refractivity contribution is -0.384. The van der Waals surface area contributed by atoms with Gasteiger partial charge < -0.3 is 19.6 Å². The fourth-order valence-corrected chi connectivity index (χ4v) is 4.58. The van der Waals surface area contributed by atoms with Crippen molar-refractivity contribution in [1.82, 2.24) is 15.0 Å². The smallest absolute Gasteiger partial charge is 0.293 e. The predicted molar refractivity (Wildman–Crippen MR) is 126 cm³/mol. The molecule has 1 aromatic heterocycles. The number of amides is 2. The molecule has 0 aliphatic carbocycles. The molecule has 182 valence electrons. The summed E-state index contributed by atoms with van der Waals surface area (Å²) in [4.78, 5) is 42.3. The van der Waals surface area contributed by atoms with Crippen molar-refractivity contribution in [3.8, 4) is 0 Å². The molecule has 0 radical (unpaired) electrons. The van der Waals surface area contributed by atoms with E-state index in [0.717, 1.165) is 25.9 Å². The number of aromatic nitrogens is 1. The standard InChI is InChI=1S/C23H30N6O5/c1-16-4-3-7-28(14-16)19-6-5-18(13-20(19)29(32)33)23(31)27-10-8-26(9-11-27)15-22(30)24-21-12-17(2)34-25-21/h5-6,12-13,16H,3-4,7-11,14-15H2,1-2H3,(H,24,25,30). The number of nitro benzene ring substituents is 1. The van der Waals surface area contributed by atoms with Gasteiger partial charge in [0.05, 0.1) is 11.5 Å². The SMILES string of the molecule is Cc1cc(NC(=O)CN2CCN(C(=O)c3ccc(N4CCCC(C)C4)c([N+](=O)[O-])c3)CC2)no1. The Hall–Kier alpha value is -3.47. The maximum absolute atomic E-state index is 13.1. The van der Waals surface area contributed by atoms with E-state index in [0.29, 0.717) is 54.9 Å². The molecular weight excluding hydrogens is 440 g/mol. The van der Waals surface area contributed by atoms with Crippen LogP contribution in [0.25, 0.3) is 0 Å². The lowest BCUT2D eigenvalue weighted by Gasteiger charge is -2.34. The number of nitro groups is 1. The summed E-state index contributed by atoms with van der Waals surface area (Å²) < 4.78 is 4.94. The second-order valence-corrected chi connectivity index (χ2v) is 9.09. The Labute approximate surface area is 197 Å². The van der Waals surface area contributed by atoms with E-state index in [-0.39, 0.29) is 24.0 Å². The van der Waals surface area contributed by atoms with Gasteiger partial charge in [0, 0.05) is 57.0 Å². The van der Waals surface area contributed by atoms with Crippen LogP contribution in [-0.2, 0) is 4.79 Å². The minimum Gasteiger partial charge on any atom is -0.366 e. The predicted octanol–water partition coefficient (Wildman–Crippen LogP) is 2.52. The summed E-state index contributed by atoms with van der Waals surface area (Å²) in [5, 5.41) is 18.2. The molecule has 0 spiro atoms. The molecule has 3 heterocycles. The van der Waals surface area contributed by atoms with Crippen molar-refractivity contribution in [2.75, 3.05) is 56.0 Å². The largest absolute Gasteiger partial charge is 0.366 e. The Kier molecular flexibility index (Phi) is 7.11. The summed E-state index contributed by atoms with van der Waals surface area (Å²) in [7, 11) is 0. The van der Waals surface area contributed by atoms with E-state index in [1.807, 2.05) is 9.80 Å². The van der Waals surface area contributed by atoms with E-state index in [4.69, 9.17) is 4.52 Å². The molecule has 2 amide bonds. The summed E-state index contributed by atoms with van der Waals surface area (Å²) in [6.07, 6.45) is 2.12. The first-order valence-corrected chi connectivity index (χ1v) is 11.6. The number of nitrogens with zero attached hydrogens (tertiary/aromatic N) is 5. The van der Waals surface area contributed by atoms with Crippen LogP contribution in [0.2, 0.25) is 0 Å². The minimum atomic E-state index is -0.404. The number of rotatable bonds is 6. The molecule has 34 heavy (non-hydrogen) atoms. The van der Waals surface area contributed by atoms with Gasteiger partial charge in [-0.1, -0.05) is 12.1 Å². The van der Waals surface area contributed by atoms with Crippen LogP contribution >= 0.6 is 0 Å². The van der Waals surface area contributed by atoms with E-state index in [9.17, 15) is 19.7 Å². The molecule has 2 aromatic rings. The second-order valence-electron chi connectivity index (χ2n) is 9.09. The topological polar surface area (TPSA) is 125 Å². The van der Waals surface area contributed by atoms with Crippen LogP contribution in [0.3, 0.4) is 0 Å². The number of carbonyl (C=O) groups excluding carboxylic acids is 2. The van der Waals surface area contributed by atoms with Crippen LogP contribution in [0.15, 0.2) is 28.8 Å². The van der Waals surface area contributed by atoms with Gasteiger partial charge >= 0.3 is 0 Å². The number of piperidine rings is 1. The minimum absolute atomic E-state index is 0.0293. The average Bonchev–Trinajstić information content (AvgIpc) is 3.22. The normalized spacial score (nSPS) is 19.2. The summed E-state index contributed by atoms with van der Waals surface area (Å²) >= 11 is 0. The molecule has 2 aliphatic heterocycles. The summed E-state index contributed by atoms with van der Waals surface area (Å²) in [5.74, 6) is 1.03. The van der Waals surface area contributed by atoms with Crippen molar-refractivity contribution < 1.29 is 19.0 Å². The van der Waals surface area contributed by atoms with Gasteiger partial charge in [-0.05, 0) is 37.8 Å². The van der Waals surface area contributed by atoms with Crippen molar-refractivity contribution in [1.29, 1.82) is 0 Å². The van der Waals surface area contributed by atoms with Crippen molar-refractivity contribution in [2.24, 2.45) is 5.92 Å². The molecule has 2 aliphatic rings. The van der Waals surface area contributed by atoms with E-state index < -0.39 is 4.92 Å². The molecule has 1 atom stereocenters. The molecule has 1 unspecified atom stereocenters. The number of anilines is 2. The molecule has 0 saturated carbocycles. The van der Waals surface area contributed by atoms with Crippen molar-refractivity contribution in [3.63, 3.8) is 0 Å². The third-order valence-corrected chi connectivity index (χ3v) is 6.34. The first-order valence-electron chi connectivity index (χ1n) is 11.6. The van der Waals surface area contributed by atoms with Gasteiger partial charge in [-0.25, -0.2) is 0 Å². The lowest BCUT2D eigenvalue weighted by atomic mass is 9.99. The van der Waals surface area contributed by atoms with Crippen LogP contribution in [0.4, 0.5) is 17.2 Å². The van der Waals surface area contributed by atoms with Crippen molar-refractivity contribution >= 4 is 29.0 Å². The second kappa shape index (κ2) is 10.2. The first kappa shape index (κ1) is 23.7. The van der Waals surface area contributed by atoms with Crippen LogP contribution in [0, 0.1) is 23.0 Å². The van der Waals surface area contributed by atoms with E-state index in [1.165, 1.54) is 6.07 Å².